The van der Waals surface area contributed by atoms with Crippen LogP contribution >= 0.6 is 0 Å². The highest BCUT2D eigenvalue weighted by molar-refractivity contribution is 5.99. The number of methoxy groups -OCH3 is 1. The van der Waals surface area contributed by atoms with Crippen LogP contribution in [0.4, 0.5) is 4.79 Å². The topological polar surface area (TPSA) is 117 Å². The summed E-state index contributed by atoms with van der Waals surface area (Å²) < 4.78 is 5.27. The molecule has 1 atom stereocenters. The lowest BCUT2D eigenvalue weighted by Gasteiger charge is -2.45. The van der Waals surface area contributed by atoms with Gasteiger partial charge in [0.15, 0.2) is 0 Å². The molecule has 3 aliphatic heterocycles. The summed E-state index contributed by atoms with van der Waals surface area (Å²) in [6.07, 6.45) is 4.59. The first-order chi connectivity index (χ1) is 15.5. The number of urea groups is 1. The Bertz CT molecular complexity index is 864. The van der Waals surface area contributed by atoms with Crippen molar-refractivity contribution in [3.63, 3.8) is 0 Å². The van der Waals surface area contributed by atoms with Crippen molar-refractivity contribution in [2.45, 2.75) is 43.8 Å². The molecule has 4 rings (SSSR count). The number of carbonyl (C=O) groups is 3. The second kappa shape index (κ2) is 9.46. The fourth-order valence-corrected chi connectivity index (χ4v) is 5.54. The molecule has 9 heteroatoms. The van der Waals surface area contributed by atoms with Crippen molar-refractivity contribution >= 4 is 18.2 Å². The van der Waals surface area contributed by atoms with E-state index in [0.717, 1.165) is 63.7 Å². The van der Waals surface area contributed by atoms with Gasteiger partial charge in [-0.15, -0.1) is 0 Å². The molecule has 32 heavy (non-hydrogen) atoms. The van der Waals surface area contributed by atoms with Gasteiger partial charge in [0.2, 0.25) is 0 Å². The summed E-state index contributed by atoms with van der Waals surface area (Å²) in [6.45, 7) is 4.29. The first-order valence-electron chi connectivity index (χ1n) is 11.4. The van der Waals surface area contributed by atoms with Crippen molar-refractivity contribution in [2.24, 2.45) is 11.7 Å². The first-order valence-corrected chi connectivity index (χ1v) is 11.4. The Morgan fingerprint density at radius 2 is 2.00 bits per heavy atom. The molecule has 1 aromatic carbocycles. The standard InChI is InChI=1S/C23H33N5O4/c1-32-19-2-3-20-16(12-19)13-28(21(20)30)14-23(15-29,26-22(24)31)17-6-10-27(11-7-17)18-4-8-25-9-5-18/h2-3,12,15,17-18,25H,4-11,13-14H2,1H3,(H3,24,26,31). The van der Waals surface area contributed by atoms with E-state index >= 15 is 0 Å². The molecule has 1 unspecified atom stereocenters. The number of aldehydes is 1. The molecule has 0 aliphatic carbocycles. The van der Waals surface area contributed by atoms with Gasteiger partial charge in [0, 0.05) is 18.2 Å². The highest BCUT2D eigenvalue weighted by Crippen LogP contribution is 2.33. The maximum Gasteiger partial charge on any atom is 0.313 e. The van der Waals surface area contributed by atoms with Gasteiger partial charge in [-0.2, -0.15) is 0 Å². The molecule has 3 heterocycles. The summed E-state index contributed by atoms with van der Waals surface area (Å²) in [5.41, 5.74) is 5.75. The second-order valence-corrected chi connectivity index (χ2v) is 9.12. The van der Waals surface area contributed by atoms with Gasteiger partial charge in [-0.1, -0.05) is 0 Å². The molecule has 4 N–H and O–H groups in total. The highest BCUT2D eigenvalue weighted by atomic mass is 16.5. The van der Waals surface area contributed by atoms with Crippen LogP contribution in [-0.2, 0) is 11.3 Å². The number of hydrogen-bond acceptors (Lipinski definition) is 6. The summed E-state index contributed by atoms with van der Waals surface area (Å²) in [5.74, 6) is 0.449. The van der Waals surface area contributed by atoms with Crippen LogP contribution < -0.4 is 21.1 Å². The van der Waals surface area contributed by atoms with Crippen LogP contribution in [0, 0.1) is 5.92 Å². The largest absolute Gasteiger partial charge is 0.497 e. The van der Waals surface area contributed by atoms with Crippen molar-refractivity contribution in [3.8, 4) is 5.75 Å². The van der Waals surface area contributed by atoms with Crippen molar-refractivity contribution in [2.75, 3.05) is 39.8 Å². The average Bonchev–Trinajstić information content (AvgIpc) is 3.13. The molecule has 0 radical (unpaired) electrons. The maximum absolute atomic E-state index is 13.0. The van der Waals surface area contributed by atoms with Gasteiger partial charge in [-0.05, 0) is 81.5 Å². The summed E-state index contributed by atoms with van der Waals surface area (Å²) in [4.78, 5) is 41.5. The number of nitrogens with two attached hydrogens (primary N) is 1. The van der Waals surface area contributed by atoms with Crippen molar-refractivity contribution < 1.29 is 19.1 Å². The Balaban J connectivity index is 1.49. The van der Waals surface area contributed by atoms with Crippen LogP contribution in [-0.4, -0.2) is 79.4 Å². The minimum absolute atomic E-state index is 0.0866. The fourth-order valence-electron chi connectivity index (χ4n) is 5.54. The lowest BCUT2D eigenvalue weighted by Crippen LogP contribution is -2.64. The van der Waals surface area contributed by atoms with Gasteiger partial charge in [-0.25, -0.2) is 4.79 Å². The maximum atomic E-state index is 13.0. The summed E-state index contributed by atoms with van der Waals surface area (Å²) in [5, 5.41) is 6.12. The van der Waals surface area contributed by atoms with Gasteiger partial charge < -0.3 is 35.7 Å². The first kappa shape index (κ1) is 22.5. The SMILES string of the molecule is COc1ccc2c(c1)CN(CC(C=O)(NC(N)=O)C1CCN(C3CCNCC3)CC1)C2=O. The average molecular weight is 444 g/mol. The molecule has 9 nitrogen and oxygen atoms in total. The molecular formula is C23H33N5O4. The number of nitrogens with one attached hydrogen (secondary N) is 2. The molecule has 2 fully saturated rings. The van der Waals surface area contributed by atoms with Gasteiger partial charge >= 0.3 is 6.03 Å². The number of fused-ring (bicyclic) bond motifs is 1. The van der Waals surface area contributed by atoms with Crippen molar-refractivity contribution in [3.05, 3.63) is 29.3 Å². The summed E-state index contributed by atoms with van der Waals surface area (Å²) in [6, 6.07) is 5.17. The van der Waals surface area contributed by atoms with Crippen LogP contribution in [0.25, 0.3) is 0 Å². The fraction of sp³-hybridized carbons (Fsp3) is 0.609. The van der Waals surface area contributed by atoms with Crippen LogP contribution in [0.5, 0.6) is 5.75 Å². The third-order valence-electron chi connectivity index (χ3n) is 7.29. The predicted octanol–water partition coefficient (Wildman–Crippen LogP) is 0.721. The molecule has 0 aromatic heterocycles. The van der Waals surface area contributed by atoms with E-state index in [-0.39, 0.29) is 18.4 Å². The Morgan fingerprint density at radius 1 is 1.28 bits per heavy atom. The smallest absolute Gasteiger partial charge is 0.313 e. The van der Waals surface area contributed by atoms with Crippen LogP contribution in [0.15, 0.2) is 18.2 Å². The zero-order chi connectivity index (χ0) is 22.7. The Labute approximate surface area is 188 Å². The summed E-state index contributed by atoms with van der Waals surface area (Å²) in [7, 11) is 1.58. The monoisotopic (exact) mass is 443 g/mol. The number of amides is 3. The minimum Gasteiger partial charge on any atom is -0.497 e. The van der Waals surface area contributed by atoms with E-state index in [1.54, 1.807) is 24.1 Å². The molecule has 3 amide bonds. The molecule has 0 saturated carbocycles. The third kappa shape index (κ3) is 4.45. The van der Waals surface area contributed by atoms with E-state index in [9.17, 15) is 14.4 Å². The minimum atomic E-state index is -1.20. The highest BCUT2D eigenvalue weighted by Gasteiger charge is 2.45. The summed E-state index contributed by atoms with van der Waals surface area (Å²) >= 11 is 0. The molecular weight excluding hydrogens is 410 g/mol. The van der Waals surface area contributed by atoms with E-state index in [4.69, 9.17) is 10.5 Å². The van der Waals surface area contributed by atoms with Gasteiger partial charge in [0.1, 0.15) is 17.6 Å². The number of ether oxygens (including phenoxy) is 1. The predicted molar refractivity (Wildman–Crippen MR) is 119 cm³/mol. The number of nitrogens with zero attached hydrogens (tertiary/aromatic N) is 2. The Kier molecular flexibility index (Phi) is 6.66. The van der Waals surface area contributed by atoms with E-state index in [1.165, 1.54) is 0 Å². The van der Waals surface area contributed by atoms with E-state index in [0.29, 0.717) is 23.9 Å². The molecule has 2 saturated heterocycles. The normalized spacial score (nSPS) is 22.3. The molecule has 174 valence electrons. The zero-order valence-electron chi connectivity index (χ0n) is 18.6. The van der Waals surface area contributed by atoms with E-state index in [1.807, 2.05) is 6.07 Å². The number of primary amides is 1. The zero-order valence-corrected chi connectivity index (χ0v) is 18.6. The quantitative estimate of drug-likeness (QED) is 0.535. The van der Waals surface area contributed by atoms with Gasteiger partial charge in [-0.3, -0.25) is 4.79 Å². The van der Waals surface area contributed by atoms with Gasteiger partial charge in [0.05, 0.1) is 13.7 Å². The van der Waals surface area contributed by atoms with Crippen LogP contribution in [0.2, 0.25) is 0 Å². The van der Waals surface area contributed by atoms with Crippen molar-refractivity contribution in [1.82, 2.24) is 20.4 Å². The van der Waals surface area contributed by atoms with Crippen LogP contribution in [0.1, 0.15) is 41.6 Å². The van der Waals surface area contributed by atoms with E-state index in [2.05, 4.69) is 15.5 Å². The van der Waals surface area contributed by atoms with E-state index < -0.39 is 11.6 Å². The molecule has 3 aliphatic rings. The lowest BCUT2D eigenvalue weighted by atomic mass is 9.77. The van der Waals surface area contributed by atoms with Gasteiger partial charge in [0.25, 0.3) is 5.91 Å². The number of benzene rings is 1. The lowest BCUT2D eigenvalue weighted by molar-refractivity contribution is -0.116. The van der Waals surface area contributed by atoms with Crippen LogP contribution in [0.3, 0.4) is 0 Å². The molecule has 1 aromatic rings. The number of piperidine rings is 2. The third-order valence-corrected chi connectivity index (χ3v) is 7.29. The number of rotatable bonds is 7. The molecule has 0 bridgehead atoms. The van der Waals surface area contributed by atoms with Crippen molar-refractivity contribution in [1.29, 1.82) is 0 Å². The Hall–Kier alpha value is -2.65. The number of hydrogen-bond donors (Lipinski definition) is 3. The number of likely N-dealkylation sites (tertiary alicyclic amines) is 1. The second-order valence-electron chi connectivity index (χ2n) is 9.12. The number of carbonyl (C=O) groups excluding carboxylic acids is 3. The Morgan fingerprint density at radius 3 is 2.62 bits per heavy atom. The molecule has 0 spiro atoms.